The van der Waals surface area contributed by atoms with Crippen LogP contribution in [0.1, 0.15) is 25.3 Å². The monoisotopic (exact) mass is 273 g/mol. The molecule has 0 bridgehead atoms. The van der Waals surface area contributed by atoms with Gasteiger partial charge in [-0.1, -0.05) is 13.0 Å². The molecule has 2 N–H and O–H groups in total. The second-order valence-electron chi connectivity index (χ2n) is 5.05. The lowest BCUT2D eigenvalue weighted by molar-refractivity contribution is 0.278. The minimum Gasteiger partial charge on any atom is -0.392 e. The molecule has 0 saturated heterocycles. The molecule has 1 fully saturated rings. The predicted molar refractivity (Wildman–Crippen MR) is 64.9 cm³/mol. The van der Waals surface area contributed by atoms with Gasteiger partial charge in [-0.2, -0.15) is 0 Å². The summed E-state index contributed by atoms with van der Waals surface area (Å²) < 4.78 is 39.7. The summed E-state index contributed by atoms with van der Waals surface area (Å²) in [6.45, 7) is 1.90. The van der Waals surface area contributed by atoms with E-state index in [4.69, 9.17) is 5.11 Å². The highest BCUT2D eigenvalue weighted by molar-refractivity contribution is 7.89. The van der Waals surface area contributed by atoms with Crippen molar-refractivity contribution in [1.82, 2.24) is 4.72 Å². The molecule has 0 amide bonds. The topological polar surface area (TPSA) is 66.4 Å². The number of rotatable bonds is 5. The van der Waals surface area contributed by atoms with Gasteiger partial charge in [0.25, 0.3) is 0 Å². The number of sulfonamides is 1. The van der Waals surface area contributed by atoms with Gasteiger partial charge in [-0.15, -0.1) is 0 Å². The normalized spacial score (nSPS) is 17.7. The minimum absolute atomic E-state index is 0.0276. The Morgan fingerprint density at radius 2 is 2.11 bits per heavy atom. The molecule has 1 aromatic carbocycles. The maximum Gasteiger partial charge on any atom is 0.241 e. The molecule has 0 spiro atoms. The van der Waals surface area contributed by atoms with Gasteiger partial charge in [-0.25, -0.2) is 17.5 Å². The van der Waals surface area contributed by atoms with Crippen LogP contribution in [-0.4, -0.2) is 20.1 Å². The Kier molecular flexibility index (Phi) is 3.44. The molecule has 1 aromatic rings. The SMILES string of the molecule is CC1(CNS(=O)(=O)c2cc(F)ccc2CO)CC1. The summed E-state index contributed by atoms with van der Waals surface area (Å²) in [6.07, 6.45) is 1.98. The minimum atomic E-state index is -3.77. The molecule has 6 heteroatoms. The quantitative estimate of drug-likeness (QED) is 0.852. The summed E-state index contributed by atoms with van der Waals surface area (Å²) in [6, 6.07) is 3.35. The van der Waals surface area contributed by atoms with Crippen molar-refractivity contribution in [2.45, 2.75) is 31.3 Å². The lowest BCUT2D eigenvalue weighted by atomic mass is 10.2. The first-order valence-electron chi connectivity index (χ1n) is 5.75. The van der Waals surface area contributed by atoms with E-state index >= 15 is 0 Å². The van der Waals surface area contributed by atoms with Gasteiger partial charge in [-0.05, 0) is 36.0 Å². The zero-order valence-electron chi connectivity index (χ0n) is 10.1. The molecule has 18 heavy (non-hydrogen) atoms. The van der Waals surface area contributed by atoms with Crippen LogP contribution in [0.2, 0.25) is 0 Å². The van der Waals surface area contributed by atoms with Gasteiger partial charge >= 0.3 is 0 Å². The number of nitrogens with one attached hydrogen (secondary N) is 1. The highest BCUT2D eigenvalue weighted by Crippen LogP contribution is 2.44. The highest BCUT2D eigenvalue weighted by atomic mass is 32.2. The second kappa shape index (κ2) is 4.60. The lowest BCUT2D eigenvalue weighted by Gasteiger charge is -2.13. The number of hydrogen-bond donors (Lipinski definition) is 2. The van der Waals surface area contributed by atoms with E-state index in [1.165, 1.54) is 6.07 Å². The molecule has 0 aromatic heterocycles. The van der Waals surface area contributed by atoms with Crippen LogP contribution in [0.4, 0.5) is 4.39 Å². The molecule has 0 aliphatic heterocycles. The molecular formula is C12H16FNO3S. The fourth-order valence-corrected chi connectivity index (χ4v) is 3.09. The molecule has 0 radical (unpaired) electrons. The first-order chi connectivity index (χ1) is 8.36. The first-order valence-corrected chi connectivity index (χ1v) is 7.24. The van der Waals surface area contributed by atoms with E-state index in [1.54, 1.807) is 0 Å². The van der Waals surface area contributed by atoms with E-state index in [9.17, 15) is 12.8 Å². The standard InChI is InChI=1S/C12H16FNO3S/c1-12(4-5-12)8-14-18(16,17)11-6-10(13)3-2-9(11)7-15/h2-3,6,14-15H,4-5,7-8H2,1H3. The van der Waals surface area contributed by atoms with Gasteiger partial charge in [0.1, 0.15) is 5.82 Å². The average molecular weight is 273 g/mol. The molecule has 2 rings (SSSR count). The second-order valence-corrected chi connectivity index (χ2v) is 6.78. The van der Waals surface area contributed by atoms with Crippen LogP contribution >= 0.6 is 0 Å². The fourth-order valence-electron chi connectivity index (χ4n) is 1.65. The van der Waals surface area contributed by atoms with Crippen molar-refractivity contribution in [2.75, 3.05) is 6.54 Å². The maximum atomic E-state index is 13.1. The number of halogens is 1. The summed E-state index contributed by atoms with van der Waals surface area (Å²) in [7, 11) is -3.77. The van der Waals surface area contributed by atoms with Gasteiger partial charge < -0.3 is 5.11 Å². The Morgan fingerprint density at radius 3 is 2.67 bits per heavy atom. The third kappa shape index (κ3) is 2.88. The zero-order valence-corrected chi connectivity index (χ0v) is 10.9. The molecule has 1 aliphatic carbocycles. The van der Waals surface area contributed by atoms with Crippen molar-refractivity contribution in [3.63, 3.8) is 0 Å². The van der Waals surface area contributed by atoms with Crippen LogP contribution in [0.15, 0.2) is 23.1 Å². The smallest absolute Gasteiger partial charge is 0.241 e. The lowest BCUT2D eigenvalue weighted by Crippen LogP contribution is -2.30. The van der Waals surface area contributed by atoms with Crippen LogP contribution in [0.3, 0.4) is 0 Å². The third-order valence-electron chi connectivity index (χ3n) is 3.28. The van der Waals surface area contributed by atoms with Crippen molar-refractivity contribution in [3.05, 3.63) is 29.6 Å². The number of aliphatic hydroxyl groups is 1. The summed E-state index contributed by atoms with van der Waals surface area (Å²) in [5.41, 5.74) is 0.226. The Hall–Kier alpha value is -0.980. The van der Waals surface area contributed by atoms with Crippen LogP contribution in [0, 0.1) is 11.2 Å². The predicted octanol–water partition coefficient (Wildman–Crippen LogP) is 1.40. The highest BCUT2D eigenvalue weighted by Gasteiger charge is 2.38. The zero-order chi connectivity index (χ0) is 13.4. The van der Waals surface area contributed by atoms with E-state index < -0.39 is 22.4 Å². The molecule has 100 valence electrons. The Balaban J connectivity index is 2.25. The van der Waals surface area contributed by atoms with Crippen molar-refractivity contribution in [1.29, 1.82) is 0 Å². The van der Waals surface area contributed by atoms with E-state index in [0.717, 1.165) is 25.0 Å². The van der Waals surface area contributed by atoms with Crippen molar-refractivity contribution in [2.24, 2.45) is 5.41 Å². The number of benzene rings is 1. The van der Waals surface area contributed by atoms with Crippen molar-refractivity contribution >= 4 is 10.0 Å². The van der Waals surface area contributed by atoms with Gasteiger partial charge in [0.15, 0.2) is 0 Å². The maximum absolute atomic E-state index is 13.1. The molecule has 1 saturated carbocycles. The largest absolute Gasteiger partial charge is 0.392 e. The summed E-state index contributed by atoms with van der Waals surface area (Å²) >= 11 is 0. The van der Waals surface area contributed by atoms with Crippen LogP contribution < -0.4 is 4.72 Å². The Labute approximate surface area is 106 Å². The van der Waals surface area contributed by atoms with Gasteiger partial charge in [0, 0.05) is 6.54 Å². The summed E-state index contributed by atoms with van der Waals surface area (Å²) in [4.78, 5) is -0.186. The molecule has 4 nitrogen and oxygen atoms in total. The van der Waals surface area contributed by atoms with Crippen molar-refractivity contribution < 1.29 is 17.9 Å². The molecule has 1 aliphatic rings. The Bertz CT molecular complexity index is 552. The summed E-state index contributed by atoms with van der Waals surface area (Å²) in [5, 5.41) is 9.10. The average Bonchev–Trinajstić information content (AvgIpc) is 3.06. The van der Waals surface area contributed by atoms with Gasteiger partial charge in [-0.3, -0.25) is 0 Å². The van der Waals surface area contributed by atoms with Gasteiger partial charge in [0.05, 0.1) is 11.5 Å². The number of aliphatic hydroxyl groups excluding tert-OH is 1. The molecule has 0 heterocycles. The number of hydrogen-bond acceptors (Lipinski definition) is 3. The first kappa shape index (κ1) is 13.5. The molecule has 0 unspecified atom stereocenters. The summed E-state index contributed by atoms with van der Waals surface area (Å²) in [5.74, 6) is -0.634. The fraction of sp³-hybridized carbons (Fsp3) is 0.500. The van der Waals surface area contributed by atoms with E-state index in [1.807, 2.05) is 6.92 Å². The molecular weight excluding hydrogens is 257 g/mol. The molecule has 0 atom stereocenters. The van der Waals surface area contributed by atoms with Crippen molar-refractivity contribution in [3.8, 4) is 0 Å². The van der Waals surface area contributed by atoms with Gasteiger partial charge in [0.2, 0.25) is 10.0 Å². The van der Waals surface area contributed by atoms with E-state index in [2.05, 4.69) is 4.72 Å². The van der Waals surface area contributed by atoms with Crippen LogP contribution in [0.5, 0.6) is 0 Å². The van der Waals surface area contributed by atoms with Crippen LogP contribution in [0.25, 0.3) is 0 Å². The van der Waals surface area contributed by atoms with E-state index in [-0.39, 0.29) is 15.9 Å². The Morgan fingerprint density at radius 1 is 1.44 bits per heavy atom. The van der Waals surface area contributed by atoms with E-state index in [0.29, 0.717) is 6.54 Å². The van der Waals surface area contributed by atoms with Crippen LogP contribution in [-0.2, 0) is 16.6 Å². The third-order valence-corrected chi connectivity index (χ3v) is 4.77.